The number of carbonyl (C=O) groups is 1. The highest BCUT2D eigenvalue weighted by Crippen LogP contribution is 2.22. The van der Waals surface area contributed by atoms with E-state index in [9.17, 15) is 4.79 Å². The molecule has 1 rings (SSSR count). The monoisotopic (exact) mass is 278 g/mol. The van der Waals surface area contributed by atoms with Crippen LogP contribution in [0.1, 0.15) is 37.9 Å². The maximum Gasteiger partial charge on any atom is 0.260 e. The molecule has 0 fully saturated rings. The second-order valence-electron chi connectivity index (χ2n) is 4.89. The molecule has 0 heterocycles. The first-order valence-electron chi connectivity index (χ1n) is 7.21. The number of amides is 1. The molecule has 20 heavy (non-hydrogen) atoms. The third-order valence-electron chi connectivity index (χ3n) is 3.60. The van der Waals surface area contributed by atoms with Gasteiger partial charge in [-0.25, -0.2) is 0 Å². The van der Waals surface area contributed by atoms with E-state index in [4.69, 9.17) is 4.74 Å². The number of aryl methyl sites for hydroxylation is 1. The minimum absolute atomic E-state index is 0.0297. The van der Waals surface area contributed by atoms with E-state index >= 15 is 0 Å². The van der Waals surface area contributed by atoms with Crippen LogP contribution >= 0.6 is 0 Å². The number of ether oxygens (including phenoxy) is 1. The first kappa shape index (κ1) is 16.5. The van der Waals surface area contributed by atoms with Crippen LogP contribution in [0.15, 0.2) is 18.2 Å². The lowest BCUT2D eigenvalue weighted by Crippen LogP contribution is -2.34. The summed E-state index contributed by atoms with van der Waals surface area (Å²) >= 11 is 0. The van der Waals surface area contributed by atoms with Gasteiger partial charge in [-0.05, 0) is 51.9 Å². The zero-order valence-electron chi connectivity index (χ0n) is 13.2. The molecule has 4 nitrogen and oxygen atoms in total. The number of likely N-dealkylation sites (N-methyl/N-ethyl adjacent to an activating group) is 1. The maximum atomic E-state index is 11.9. The summed E-state index contributed by atoms with van der Waals surface area (Å²) in [4.78, 5) is 13.7. The molecule has 0 aromatic heterocycles. The van der Waals surface area contributed by atoms with Crippen molar-refractivity contribution in [1.29, 1.82) is 0 Å². The van der Waals surface area contributed by atoms with Crippen LogP contribution in [0.5, 0.6) is 5.75 Å². The van der Waals surface area contributed by atoms with Crippen LogP contribution in [0.4, 0.5) is 0 Å². The van der Waals surface area contributed by atoms with Gasteiger partial charge in [-0.3, -0.25) is 4.79 Å². The minimum atomic E-state index is 0.0297. The van der Waals surface area contributed by atoms with E-state index in [0.29, 0.717) is 6.04 Å². The molecule has 1 N–H and O–H groups in total. The van der Waals surface area contributed by atoms with Crippen molar-refractivity contribution >= 4 is 5.91 Å². The summed E-state index contributed by atoms with van der Waals surface area (Å²) in [6.07, 6.45) is 0. The summed E-state index contributed by atoms with van der Waals surface area (Å²) in [7, 11) is 1.94. The summed E-state index contributed by atoms with van der Waals surface area (Å²) in [6, 6.07) is 6.37. The van der Waals surface area contributed by atoms with E-state index in [1.807, 2.05) is 40.0 Å². The minimum Gasteiger partial charge on any atom is -0.484 e. The summed E-state index contributed by atoms with van der Waals surface area (Å²) in [5.41, 5.74) is 2.27. The van der Waals surface area contributed by atoms with Crippen molar-refractivity contribution in [2.75, 3.05) is 26.7 Å². The van der Waals surface area contributed by atoms with Gasteiger partial charge in [-0.15, -0.1) is 0 Å². The largest absolute Gasteiger partial charge is 0.484 e. The Morgan fingerprint density at radius 2 is 2.00 bits per heavy atom. The van der Waals surface area contributed by atoms with Gasteiger partial charge >= 0.3 is 0 Å². The highest BCUT2D eigenvalue weighted by Gasteiger charge is 2.11. The van der Waals surface area contributed by atoms with Crippen molar-refractivity contribution < 1.29 is 9.53 Å². The quantitative estimate of drug-likeness (QED) is 0.833. The van der Waals surface area contributed by atoms with Gasteiger partial charge in [0.15, 0.2) is 6.61 Å². The Kier molecular flexibility index (Phi) is 6.52. The maximum absolute atomic E-state index is 11.9. The molecule has 0 bridgehead atoms. The van der Waals surface area contributed by atoms with E-state index in [2.05, 4.69) is 18.3 Å². The van der Waals surface area contributed by atoms with Crippen molar-refractivity contribution in [1.82, 2.24) is 10.2 Å². The van der Waals surface area contributed by atoms with Crippen LogP contribution < -0.4 is 10.1 Å². The smallest absolute Gasteiger partial charge is 0.260 e. The van der Waals surface area contributed by atoms with Crippen LogP contribution in [0, 0.1) is 6.92 Å². The molecule has 0 aliphatic rings. The lowest BCUT2D eigenvalue weighted by Gasteiger charge is -2.19. The van der Waals surface area contributed by atoms with E-state index in [0.717, 1.165) is 24.4 Å². The average molecular weight is 278 g/mol. The molecule has 0 aliphatic heterocycles. The fourth-order valence-corrected chi connectivity index (χ4v) is 2.08. The van der Waals surface area contributed by atoms with Crippen LogP contribution in [0.3, 0.4) is 0 Å². The van der Waals surface area contributed by atoms with Gasteiger partial charge in [0.1, 0.15) is 5.75 Å². The van der Waals surface area contributed by atoms with Crippen LogP contribution in [0.25, 0.3) is 0 Å². The number of nitrogens with one attached hydrogen (secondary N) is 1. The number of benzene rings is 1. The second-order valence-corrected chi connectivity index (χ2v) is 4.89. The lowest BCUT2D eigenvalue weighted by molar-refractivity contribution is -0.132. The average Bonchev–Trinajstić information content (AvgIpc) is 2.46. The lowest BCUT2D eigenvalue weighted by atomic mass is 10.1. The van der Waals surface area contributed by atoms with Crippen molar-refractivity contribution in [3.63, 3.8) is 0 Å². The standard InChI is InChI=1S/C16H26N2O2/c1-6-18(7-2)16(19)11-20-15-9-8-14(10-12(15)3)13(4)17-5/h8-10,13,17H,6-7,11H2,1-5H3. The zero-order chi connectivity index (χ0) is 15.1. The molecule has 0 aliphatic carbocycles. The summed E-state index contributed by atoms with van der Waals surface area (Å²) < 4.78 is 5.64. The Morgan fingerprint density at radius 3 is 2.50 bits per heavy atom. The van der Waals surface area contributed by atoms with Crippen molar-refractivity contribution in [2.45, 2.75) is 33.7 Å². The van der Waals surface area contributed by atoms with E-state index in [1.54, 1.807) is 4.90 Å². The topological polar surface area (TPSA) is 41.6 Å². The van der Waals surface area contributed by atoms with Crippen molar-refractivity contribution in [3.05, 3.63) is 29.3 Å². The normalized spacial score (nSPS) is 12.1. The first-order chi connectivity index (χ1) is 9.53. The summed E-state index contributed by atoms with van der Waals surface area (Å²) in [5, 5.41) is 3.21. The molecule has 0 saturated carbocycles. The van der Waals surface area contributed by atoms with Gasteiger partial charge in [0.2, 0.25) is 0 Å². The van der Waals surface area contributed by atoms with Crippen LogP contribution in [-0.4, -0.2) is 37.6 Å². The molecule has 1 amide bonds. The number of carbonyl (C=O) groups excluding carboxylic acids is 1. The SMILES string of the molecule is CCN(CC)C(=O)COc1ccc(C(C)NC)cc1C. The Bertz CT molecular complexity index is 442. The van der Waals surface area contributed by atoms with Gasteiger partial charge in [0.25, 0.3) is 5.91 Å². The highest BCUT2D eigenvalue weighted by atomic mass is 16.5. The number of hydrogen-bond donors (Lipinski definition) is 1. The van der Waals surface area contributed by atoms with E-state index in [-0.39, 0.29) is 12.5 Å². The highest BCUT2D eigenvalue weighted by molar-refractivity contribution is 5.77. The predicted octanol–water partition coefficient (Wildman–Crippen LogP) is 2.52. The number of hydrogen-bond acceptors (Lipinski definition) is 3. The molecule has 112 valence electrons. The van der Waals surface area contributed by atoms with Gasteiger partial charge in [0.05, 0.1) is 0 Å². The molecule has 0 spiro atoms. The molecule has 1 aromatic carbocycles. The summed E-state index contributed by atoms with van der Waals surface area (Å²) in [5.74, 6) is 0.805. The van der Waals surface area contributed by atoms with Gasteiger partial charge in [0, 0.05) is 19.1 Å². The molecular weight excluding hydrogens is 252 g/mol. The van der Waals surface area contributed by atoms with E-state index in [1.165, 1.54) is 5.56 Å². The Morgan fingerprint density at radius 1 is 1.35 bits per heavy atom. The van der Waals surface area contributed by atoms with Gasteiger partial charge < -0.3 is 15.0 Å². The number of rotatable bonds is 7. The first-order valence-corrected chi connectivity index (χ1v) is 7.21. The molecule has 1 unspecified atom stereocenters. The van der Waals surface area contributed by atoms with Crippen LogP contribution in [0.2, 0.25) is 0 Å². The van der Waals surface area contributed by atoms with Crippen molar-refractivity contribution in [3.8, 4) is 5.75 Å². The third kappa shape index (κ3) is 4.23. The predicted molar refractivity (Wildman–Crippen MR) is 82.1 cm³/mol. The second kappa shape index (κ2) is 7.90. The molecule has 1 atom stereocenters. The fourth-order valence-electron chi connectivity index (χ4n) is 2.08. The number of nitrogens with zero attached hydrogens (tertiary/aromatic N) is 1. The molecular formula is C16H26N2O2. The third-order valence-corrected chi connectivity index (χ3v) is 3.60. The fraction of sp³-hybridized carbons (Fsp3) is 0.562. The van der Waals surface area contributed by atoms with Gasteiger partial charge in [-0.2, -0.15) is 0 Å². The Labute approximate surface area is 122 Å². The molecule has 4 heteroatoms. The van der Waals surface area contributed by atoms with E-state index < -0.39 is 0 Å². The summed E-state index contributed by atoms with van der Waals surface area (Å²) in [6.45, 7) is 9.60. The Balaban J connectivity index is 2.67. The zero-order valence-corrected chi connectivity index (χ0v) is 13.2. The molecule has 0 saturated heterocycles. The van der Waals surface area contributed by atoms with Crippen LogP contribution in [-0.2, 0) is 4.79 Å². The Hall–Kier alpha value is -1.55. The molecule has 0 radical (unpaired) electrons. The van der Waals surface area contributed by atoms with Gasteiger partial charge in [-0.1, -0.05) is 12.1 Å². The van der Waals surface area contributed by atoms with Crippen molar-refractivity contribution in [2.24, 2.45) is 0 Å². The molecule has 1 aromatic rings.